The second-order valence-corrected chi connectivity index (χ2v) is 8.31. The predicted octanol–water partition coefficient (Wildman–Crippen LogP) is 5.10. The van der Waals surface area contributed by atoms with Gasteiger partial charge in [-0.2, -0.15) is 0 Å². The molecule has 27 heavy (non-hydrogen) atoms. The largest absolute Gasteiger partial charge is 0.323 e. The quantitative estimate of drug-likeness (QED) is 0.656. The molecule has 0 radical (unpaired) electrons. The van der Waals surface area contributed by atoms with Crippen molar-refractivity contribution < 1.29 is 4.79 Å². The number of anilines is 1. The maximum Gasteiger partial charge on any atom is 0.221 e. The summed E-state index contributed by atoms with van der Waals surface area (Å²) in [4.78, 5) is 17.7. The van der Waals surface area contributed by atoms with E-state index >= 15 is 0 Å². The number of fused-ring (bicyclic) bond motifs is 9. The molecular formula is C24H24N2O. The number of nitrogens with zero attached hydrogens (tertiary/aromatic N) is 2. The summed E-state index contributed by atoms with van der Waals surface area (Å²) >= 11 is 0. The minimum absolute atomic E-state index is 0.0941. The normalized spacial score (nSPS) is 27.7. The Balaban J connectivity index is 1.73. The zero-order valence-corrected chi connectivity index (χ0v) is 15.7. The molecule has 2 aromatic rings. The lowest BCUT2D eigenvalue weighted by Crippen LogP contribution is -2.58. The van der Waals surface area contributed by atoms with Crippen LogP contribution >= 0.6 is 0 Å². The fourth-order valence-corrected chi connectivity index (χ4v) is 6.07. The minimum Gasteiger partial charge on any atom is -0.323 e. The Bertz CT molecular complexity index is 991. The fraction of sp³-hybridized carbons (Fsp3) is 0.375. The van der Waals surface area contributed by atoms with Gasteiger partial charge in [-0.25, -0.2) is 0 Å². The van der Waals surface area contributed by atoms with Crippen molar-refractivity contribution in [3.63, 3.8) is 0 Å². The standard InChI is InChI=1S/C24H24N2O/c1-15(27)25-23-17-10-6-5-9-16(17)22-18-11-7-8-14-20(18)26(24(22)25)21-13-4-2-3-12-19(21)23/h5-11,14,22-24H,2-4,12-13H2,1H3/t22-,23+,24?/m0/s1. The van der Waals surface area contributed by atoms with Gasteiger partial charge >= 0.3 is 0 Å². The van der Waals surface area contributed by atoms with Gasteiger partial charge in [0.25, 0.3) is 0 Å². The molecule has 6 rings (SSSR count). The summed E-state index contributed by atoms with van der Waals surface area (Å²) in [5.74, 6) is 0.438. The topological polar surface area (TPSA) is 23.6 Å². The summed E-state index contributed by atoms with van der Waals surface area (Å²) in [6.45, 7) is 1.75. The average Bonchev–Trinajstić information content (AvgIpc) is 2.86. The van der Waals surface area contributed by atoms with Crippen LogP contribution in [0.25, 0.3) is 0 Å². The summed E-state index contributed by atoms with van der Waals surface area (Å²) in [7, 11) is 0. The molecule has 0 fully saturated rings. The maximum absolute atomic E-state index is 12.9. The minimum atomic E-state index is 0.0941. The molecule has 1 aliphatic carbocycles. The van der Waals surface area contributed by atoms with E-state index < -0.39 is 0 Å². The van der Waals surface area contributed by atoms with E-state index in [0.717, 1.165) is 12.8 Å². The molecule has 3 heteroatoms. The zero-order valence-electron chi connectivity index (χ0n) is 15.7. The third-order valence-electron chi connectivity index (χ3n) is 7.00. The van der Waals surface area contributed by atoms with Crippen molar-refractivity contribution in [1.82, 2.24) is 4.90 Å². The van der Waals surface area contributed by atoms with Gasteiger partial charge in [-0.1, -0.05) is 48.9 Å². The Morgan fingerprint density at radius 1 is 0.889 bits per heavy atom. The molecule has 0 spiro atoms. The van der Waals surface area contributed by atoms with Crippen molar-refractivity contribution in [2.45, 2.75) is 57.2 Å². The van der Waals surface area contributed by atoms with Gasteiger partial charge < -0.3 is 9.80 Å². The second-order valence-electron chi connectivity index (χ2n) is 8.31. The van der Waals surface area contributed by atoms with Gasteiger partial charge in [-0.05, 0) is 54.0 Å². The number of carbonyl (C=O) groups excluding carboxylic acids is 1. The van der Waals surface area contributed by atoms with Crippen LogP contribution in [-0.2, 0) is 4.79 Å². The molecule has 0 aromatic heterocycles. The third-order valence-corrected chi connectivity index (χ3v) is 7.00. The van der Waals surface area contributed by atoms with Crippen LogP contribution in [0.2, 0.25) is 0 Å². The second kappa shape index (κ2) is 5.48. The Morgan fingerprint density at radius 3 is 2.41 bits per heavy atom. The number of benzene rings is 2. The van der Waals surface area contributed by atoms with E-state index in [1.54, 1.807) is 6.92 Å². The van der Waals surface area contributed by atoms with E-state index in [1.807, 2.05) is 0 Å². The molecule has 2 bridgehead atoms. The molecule has 3 atom stereocenters. The average molecular weight is 356 g/mol. The van der Waals surface area contributed by atoms with Crippen LogP contribution in [0.3, 0.4) is 0 Å². The molecule has 4 aliphatic rings. The molecule has 1 amide bonds. The molecular weight excluding hydrogens is 332 g/mol. The first-order valence-electron chi connectivity index (χ1n) is 10.2. The van der Waals surface area contributed by atoms with Crippen LogP contribution in [0.4, 0.5) is 5.69 Å². The lowest BCUT2D eigenvalue weighted by atomic mass is 9.76. The highest BCUT2D eigenvalue weighted by Crippen LogP contribution is 2.59. The molecule has 3 aliphatic heterocycles. The molecule has 136 valence electrons. The maximum atomic E-state index is 12.9. The van der Waals surface area contributed by atoms with Gasteiger partial charge in [0.1, 0.15) is 6.17 Å². The Hall–Kier alpha value is -2.55. The van der Waals surface area contributed by atoms with Gasteiger partial charge in [0.15, 0.2) is 0 Å². The van der Waals surface area contributed by atoms with E-state index in [9.17, 15) is 4.79 Å². The van der Waals surface area contributed by atoms with E-state index in [1.165, 1.54) is 52.9 Å². The number of rotatable bonds is 0. The number of hydrogen-bond acceptors (Lipinski definition) is 2. The first-order valence-corrected chi connectivity index (χ1v) is 10.2. The van der Waals surface area contributed by atoms with E-state index in [0.29, 0.717) is 0 Å². The summed E-state index contributed by atoms with van der Waals surface area (Å²) in [6, 6.07) is 17.8. The van der Waals surface area contributed by atoms with Crippen molar-refractivity contribution in [1.29, 1.82) is 0 Å². The van der Waals surface area contributed by atoms with Crippen molar-refractivity contribution in [3.8, 4) is 0 Å². The van der Waals surface area contributed by atoms with Crippen LogP contribution in [0.15, 0.2) is 59.8 Å². The number of carbonyl (C=O) groups is 1. The molecule has 0 saturated heterocycles. The van der Waals surface area contributed by atoms with Crippen LogP contribution in [0.5, 0.6) is 0 Å². The summed E-state index contributed by atoms with van der Waals surface area (Å²) in [5, 5.41) is 0. The Labute approximate surface area is 160 Å². The van der Waals surface area contributed by atoms with Crippen molar-refractivity contribution >= 4 is 11.6 Å². The van der Waals surface area contributed by atoms with E-state index in [2.05, 4.69) is 58.3 Å². The van der Waals surface area contributed by atoms with E-state index in [4.69, 9.17) is 0 Å². The smallest absolute Gasteiger partial charge is 0.221 e. The highest BCUT2D eigenvalue weighted by molar-refractivity contribution is 5.81. The number of para-hydroxylation sites is 1. The molecule has 3 heterocycles. The van der Waals surface area contributed by atoms with Gasteiger partial charge in [-0.15, -0.1) is 0 Å². The van der Waals surface area contributed by atoms with Crippen LogP contribution < -0.4 is 4.90 Å². The molecule has 0 N–H and O–H groups in total. The third kappa shape index (κ3) is 1.90. The van der Waals surface area contributed by atoms with Crippen molar-refractivity contribution in [2.24, 2.45) is 0 Å². The summed E-state index contributed by atoms with van der Waals surface area (Å²) < 4.78 is 0. The highest BCUT2D eigenvalue weighted by atomic mass is 16.2. The fourth-order valence-electron chi connectivity index (χ4n) is 6.07. The predicted molar refractivity (Wildman–Crippen MR) is 106 cm³/mol. The van der Waals surface area contributed by atoms with Gasteiger partial charge in [0, 0.05) is 18.3 Å². The molecule has 1 unspecified atom stereocenters. The Morgan fingerprint density at radius 2 is 1.59 bits per heavy atom. The van der Waals surface area contributed by atoms with E-state index in [-0.39, 0.29) is 24.0 Å². The lowest BCUT2D eigenvalue weighted by Gasteiger charge is -2.53. The lowest BCUT2D eigenvalue weighted by molar-refractivity contribution is -0.134. The van der Waals surface area contributed by atoms with Crippen molar-refractivity contribution in [3.05, 3.63) is 76.5 Å². The first-order chi connectivity index (χ1) is 13.3. The summed E-state index contributed by atoms with van der Waals surface area (Å²) in [5.41, 5.74) is 8.43. The molecule has 2 aromatic carbocycles. The van der Waals surface area contributed by atoms with Crippen LogP contribution in [0.1, 0.15) is 67.7 Å². The van der Waals surface area contributed by atoms with Gasteiger partial charge in [-0.3, -0.25) is 4.79 Å². The summed E-state index contributed by atoms with van der Waals surface area (Å²) in [6.07, 6.45) is 6.10. The first kappa shape index (κ1) is 15.5. The van der Waals surface area contributed by atoms with Gasteiger partial charge in [0.05, 0.1) is 12.0 Å². The molecule has 3 nitrogen and oxygen atoms in total. The SMILES string of the molecule is CC(=O)N1C2[C@H]3c4ccccc4[C@@H]1C1=C(CCCCC1)N2c1ccccc13. The van der Waals surface area contributed by atoms with Crippen LogP contribution in [0, 0.1) is 0 Å². The zero-order chi connectivity index (χ0) is 18.1. The monoisotopic (exact) mass is 356 g/mol. The highest BCUT2D eigenvalue weighted by Gasteiger charge is 2.55. The van der Waals surface area contributed by atoms with Crippen molar-refractivity contribution in [2.75, 3.05) is 4.90 Å². The van der Waals surface area contributed by atoms with Crippen LogP contribution in [-0.4, -0.2) is 17.0 Å². The van der Waals surface area contributed by atoms with Gasteiger partial charge in [0.2, 0.25) is 5.91 Å². The number of allylic oxidation sites excluding steroid dienone is 1. The molecule has 0 saturated carbocycles. The number of hydrogen-bond donors (Lipinski definition) is 0. The number of amides is 1. The Kier molecular flexibility index (Phi) is 3.15.